The number of fused-ring (bicyclic) bond motifs is 1. The smallest absolute Gasteiger partial charge is 0.163 e. The molecule has 0 bridgehead atoms. The highest BCUT2D eigenvalue weighted by Gasteiger charge is 2.38. The maximum absolute atomic E-state index is 13.2. The van der Waals surface area contributed by atoms with Crippen molar-refractivity contribution in [2.75, 3.05) is 17.2 Å². The van der Waals surface area contributed by atoms with Gasteiger partial charge in [0.15, 0.2) is 5.78 Å². The highest BCUT2D eigenvalue weighted by molar-refractivity contribution is 6.01. The summed E-state index contributed by atoms with van der Waals surface area (Å²) in [6.45, 7) is 7.11. The van der Waals surface area contributed by atoms with Crippen molar-refractivity contribution in [3.63, 3.8) is 0 Å². The number of hydrogen-bond acceptors (Lipinski definition) is 4. The number of rotatable bonds is 4. The third kappa shape index (κ3) is 3.64. The molecule has 0 spiro atoms. The van der Waals surface area contributed by atoms with Crippen molar-refractivity contribution in [1.29, 1.82) is 0 Å². The van der Waals surface area contributed by atoms with Crippen molar-refractivity contribution in [2.24, 2.45) is 5.41 Å². The van der Waals surface area contributed by atoms with Gasteiger partial charge in [0.1, 0.15) is 5.75 Å². The number of benzene rings is 2. The number of hydrogen-bond donors (Lipinski definition) is 2. The van der Waals surface area contributed by atoms with E-state index in [0.29, 0.717) is 13.0 Å². The fraction of sp³-hybridized carbons (Fsp3) is 0.375. The van der Waals surface area contributed by atoms with Gasteiger partial charge in [-0.05, 0) is 48.1 Å². The second-order valence-corrected chi connectivity index (χ2v) is 8.50. The zero-order valence-electron chi connectivity index (χ0n) is 16.8. The van der Waals surface area contributed by atoms with E-state index in [1.54, 1.807) is 0 Å². The summed E-state index contributed by atoms with van der Waals surface area (Å²) in [5, 5.41) is 7.18. The minimum absolute atomic E-state index is 0.0428. The van der Waals surface area contributed by atoms with Crippen LogP contribution in [0.2, 0.25) is 0 Å². The second kappa shape index (κ2) is 7.34. The minimum atomic E-state index is -0.195. The predicted molar refractivity (Wildman–Crippen MR) is 114 cm³/mol. The van der Waals surface area contributed by atoms with Crippen molar-refractivity contribution in [2.45, 2.75) is 46.1 Å². The van der Waals surface area contributed by atoms with Crippen LogP contribution in [-0.2, 0) is 4.79 Å². The summed E-state index contributed by atoms with van der Waals surface area (Å²) in [5.41, 5.74) is 4.91. The highest BCUT2D eigenvalue weighted by Crippen LogP contribution is 2.45. The number of Topliss-reactive ketones (excluding diaryl/α,β-unsaturated/α-hetero) is 1. The lowest BCUT2D eigenvalue weighted by atomic mass is 9.73. The van der Waals surface area contributed by atoms with E-state index >= 15 is 0 Å². The predicted octanol–water partition coefficient (Wildman–Crippen LogP) is 5.70. The van der Waals surface area contributed by atoms with E-state index < -0.39 is 0 Å². The van der Waals surface area contributed by atoms with Crippen molar-refractivity contribution in [1.82, 2.24) is 0 Å². The molecular formula is C24H28N2O2. The van der Waals surface area contributed by atoms with E-state index in [-0.39, 0.29) is 17.2 Å². The van der Waals surface area contributed by atoms with Crippen LogP contribution in [0.4, 0.5) is 11.4 Å². The number of ketones is 1. The Hall–Kier alpha value is -2.75. The van der Waals surface area contributed by atoms with E-state index in [1.807, 2.05) is 24.3 Å². The van der Waals surface area contributed by atoms with Crippen LogP contribution in [0, 0.1) is 5.41 Å². The Bertz CT molecular complexity index is 930. The second-order valence-electron chi connectivity index (χ2n) is 8.50. The number of carbonyl (C=O) groups is 1. The molecule has 0 aromatic heterocycles. The quantitative estimate of drug-likeness (QED) is 0.719. The molecule has 1 heterocycles. The lowest BCUT2D eigenvalue weighted by Gasteiger charge is -2.34. The average Bonchev–Trinajstić information content (AvgIpc) is 2.82. The van der Waals surface area contributed by atoms with Gasteiger partial charge >= 0.3 is 0 Å². The van der Waals surface area contributed by atoms with Gasteiger partial charge in [0, 0.05) is 17.7 Å². The fourth-order valence-corrected chi connectivity index (χ4v) is 4.14. The van der Waals surface area contributed by atoms with Gasteiger partial charge in [-0.3, -0.25) is 4.79 Å². The Balaban J connectivity index is 1.81. The van der Waals surface area contributed by atoms with Crippen LogP contribution in [0.1, 0.15) is 51.6 Å². The number of carbonyl (C=O) groups excluding carboxylic acids is 1. The number of ether oxygens (including phenoxy) is 1. The van der Waals surface area contributed by atoms with E-state index in [2.05, 4.69) is 55.7 Å². The van der Waals surface area contributed by atoms with E-state index in [0.717, 1.165) is 46.8 Å². The Kier molecular flexibility index (Phi) is 4.88. The van der Waals surface area contributed by atoms with Gasteiger partial charge < -0.3 is 15.4 Å². The molecule has 28 heavy (non-hydrogen) atoms. The molecule has 0 unspecified atom stereocenters. The van der Waals surface area contributed by atoms with Gasteiger partial charge in [0.05, 0.1) is 24.0 Å². The first kappa shape index (κ1) is 18.6. The Morgan fingerprint density at radius 3 is 2.64 bits per heavy atom. The molecule has 146 valence electrons. The van der Waals surface area contributed by atoms with Crippen LogP contribution in [-0.4, -0.2) is 12.4 Å². The highest BCUT2D eigenvalue weighted by atomic mass is 16.5. The molecular weight excluding hydrogens is 348 g/mol. The average molecular weight is 377 g/mol. The van der Waals surface area contributed by atoms with Crippen LogP contribution in [0.25, 0.3) is 0 Å². The van der Waals surface area contributed by atoms with Gasteiger partial charge in [-0.2, -0.15) is 0 Å². The summed E-state index contributed by atoms with van der Waals surface area (Å²) in [6.07, 6.45) is 2.38. The molecule has 0 saturated carbocycles. The third-order valence-corrected chi connectivity index (χ3v) is 5.39. The molecule has 2 aromatic rings. The molecule has 0 saturated heterocycles. The van der Waals surface area contributed by atoms with Crippen molar-refractivity contribution >= 4 is 17.2 Å². The molecule has 1 atom stereocenters. The first-order chi connectivity index (χ1) is 13.5. The molecule has 4 nitrogen and oxygen atoms in total. The van der Waals surface area contributed by atoms with E-state index in [1.165, 1.54) is 0 Å². The van der Waals surface area contributed by atoms with Crippen LogP contribution in [0.15, 0.2) is 59.8 Å². The third-order valence-electron chi connectivity index (χ3n) is 5.39. The monoisotopic (exact) mass is 376 g/mol. The lowest BCUT2D eigenvalue weighted by Crippen LogP contribution is -2.31. The van der Waals surface area contributed by atoms with E-state index in [4.69, 9.17) is 4.74 Å². The van der Waals surface area contributed by atoms with Crippen molar-refractivity contribution < 1.29 is 9.53 Å². The van der Waals surface area contributed by atoms with Gasteiger partial charge in [0.2, 0.25) is 0 Å². The van der Waals surface area contributed by atoms with Gasteiger partial charge in [-0.15, -0.1) is 0 Å². The number of para-hydroxylation sites is 2. The molecule has 0 amide bonds. The summed E-state index contributed by atoms with van der Waals surface area (Å²) < 4.78 is 5.84. The SMILES string of the molecule is CCCOc1cccc([C@@H]2Nc3ccccc3NC3=C2C(=O)CC(C)(C)C3)c1. The van der Waals surface area contributed by atoms with Crippen molar-refractivity contribution in [3.8, 4) is 5.75 Å². The van der Waals surface area contributed by atoms with Gasteiger partial charge in [-0.1, -0.05) is 45.0 Å². The van der Waals surface area contributed by atoms with E-state index in [9.17, 15) is 4.79 Å². The Morgan fingerprint density at radius 2 is 1.86 bits per heavy atom. The maximum atomic E-state index is 13.2. The molecule has 1 aliphatic carbocycles. The van der Waals surface area contributed by atoms with Crippen molar-refractivity contribution in [3.05, 3.63) is 65.4 Å². The number of anilines is 2. The van der Waals surface area contributed by atoms with Crippen LogP contribution in [0.5, 0.6) is 5.75 Å². The van der Waals surface area contributed by atoms with Crippen LogP contribution < -0.4 is 15.4 Å². The molecule has 0 radical (unpaired) electrons. The number of nitrogens with one attached hydrogen (secondary N) is 2. The molecule has 2 N–H and O–H groups in total. The number of allylic oxidation sites excluding steroid dienone is 1. The van der Waals surface area contributed by atoms with Crippen LogP contribution >= 0.6 is 0 Å². The molecule has 2 aliphatic rings. The fourth-order valence-electron chi connectivity index (χ4n) is 4.14. The summed E-state index contributed by atoms with van der Waals surface area (Å²) in [6, 6.07) is 16.1. The zero-order valence-corrected chi connectivity index (χ0v) is 16.8. The normalized spacial score (nSPS) is 20.4. The van der Waals surface area contributed by atoms with Gasteiger partial charge in [0.25, 0.3) is 0 Å². The summed E-state index contributed by atoms with van der Waals surface area (Å²) in [7, 11) is 0. The molecule has 2 aromatic carbocycles. The maximum Gasteiger partial charge on any atom is 0.163 e. The topological polar surface area (TPSA) is 50.4 Å². The summed E-state index contributed by atoms with van der Waals surface area (Å²) >= 11 is 0. The first-order valence-corrected chi connectivity index (χ1v) is 10.1. The largest absolute Gasteiger partial charge is 0.494 e. The Morgan fingerprint density at radius 1 is 1.07 bits per heavy atom. The zero-order chi connectivity index (χ0) is 19.7. The standard InChI is InChI=1S/C24H28N2O2/c1-4-12-28-17-9-7-8-16(13-17)23-22-20(14-24(2,3)15-21(22)27)25-18-10-5-6-11-19(18)26-23/h5-11,13,23,25-26H,4,12,14-15H2,1-3H3/t23-/m0/s1. The molecule has 4 rings (SSSR count). The summed E-state index contributed by atoms with van der Waals surface area (Å²) in [5.74, 6) is 1.06. The first-order valence-electron chi connectivity index (χ1n) is 10.1. The minimum Gasteiger partial charge on any atom is -0.494 e. The van der Waals surface area contributed by atoms with Crippen LogP contribution in [0.3, 0.4) is 0 Å². The molecule has 4 heteroatoms. The molecule has 1 aliphatic heterocycles. The molecule has 0 fully saturated rings. The van der Waals surface area contributed by atoms with Gasteiger partial charge in [-0.25, -0.2) is 0 Å². The lowest BCUT2D eigenvalue weighted by molar-refractivity contribution is -0.118. The Labute approximate surface area is 167 Å². The summed E-state index contributed by atoms with van der Waals surface area (Å²) in [4.78, 5) is 13.2.